The van der Waals surface area contributed by atoms with Gasteiger partial charge in [-0.2, -0.15) is 0 Å². The molecular formula is C8H7F2NO. The molecule has 0 aliphatic carbocycles. The minimum atomic E-state index is -0.889. The van der Waals surface area contributed by atoms with Crippen molar-refractivity contribution in [3.8, 4) is 0 Å². The van der Waals surface area contributed by atoms with Crippen LogP contribution in [0.4, 0.5) is 8.78 Å². The number of nitrogens with zero attached hydrogens (tertiary/aromatic N) is 1. The third kappa shape index (κ3) is 2.02. The molecule has 1 aromatic rings. The van der Waals surface area contributed by atoms with E-state index in [-0.39, 0.29) is 6.61 Å². The highest BCUT2D eigenvalue weighted by Crippen LogP contribution is 2.09. The Kier molecular flexibility index (Phi) is 2.74. The predicted molar refractivity (Wildman–Crippen MR) is 40.7 cm³/mol. The average molecular weight is 171 g/mol. The normalized spacial score (nSPS) is 9.50. The minimum Gasteiger partial charge on any atom is -0.391 e. The Morgan fingerprint density at radius 3 is 2.67 bits per heavy atom. The highest BCUT2D eigenvalue weighted by atomic mass is 19.2. The molecule has 0 heterocycles. The molecular weight excluding hydrogens is 164 g/mol. The number of benzene rings is 1. The second-order valence-electron chi connectivity index (χ2n) is 2.15. The molecule has 1 rings (SSSR count). The van der Waals surface area contributed by atoms with Gasteiger partial charge >= 0.3 is 0 Å². The first kappa shape index (κ1) is 8.64. The Labute approximate surface area is 68.5 Å². The van der Waals surface area contributed by atoms with Gasteiger partial charge in [-0.1, -0.05) is 6.07 Å². The van der Waals surface area contributed by atoms with Crippen molar-refractivity contribution < 1.29 is 13.6 Å². The summed E-state index contributed by atoms with van der Waals surface area (Å²) in [6.45, 7) is 3.17. The van der Waals surface area contributed by atoms with E-state index in [2.05, 4.69) is 16.7 Å². The van der Waals surface area contributed by atoms with E-state index in [0.29, 0.717) is 5.56 Å². The van der Waals surface area contributed by atoms with E-state index in [0.717, 1.165) is 12.1 Å². The van der Waals surface area contributed by atoms with E-state index in [4.69, 9.17) is 0 Å². The summed E-state index contributed by atoms with van der Waals surface area (Å²) in [5.74, 6) is -1.76. The highest BCUT2D eigenvalue weighted by molar-refractivity contribution is 5.21. The maximum absolute atomic E-state index is 12.5. The number of hydrogen-bond acceptors (Lipinski definition) is 2. The third-order valence-electron chi connectivity index (χ3n) is 1.31. The van der Waals surface area contributed by atoms with Crippen LogP contribution < -0.4 is 0 Å². The molecule has 0 radical (unpaired) electrons. The topological polar surface area (TPSA) is 21.6 Å². The van der Waals surface area contributed by atoms with Gasteiger partial charge in [0.25, 0.3) is 0 Å². The Morgan fingerprint density at radius 1 is 1.33 bits per heavy atom. The molecule has 12 heavy (non-hydrogen) atoms. The summed E-state index contributed by atoms with van der Waals surface area (Å²) < 4.78 is 24.9. The predicted octanol–water partition coefficient (Wildman–Crippen LogP) is 2.10. The van der Waals surface area contributed by atoms with Gasteiger partial charge in [-0.25, -0.2) is 8.78 Å². The van der Waals surface area contributed by atoms with E-state index in [9.17, 15) is 8.78 Å². The minimum absolute atomic E-state index is 0.0979. The van der Waals surface area contributed by atoms with Crippen LogP contribution in [0.25, 0.3) is 0 Å². The van der Waals surface area contributed by atoms with Crippen molar-refractivity contribution in [1.82, 2.24) is 0 Å². The van der Waals surface area contributed by atoms with Gasteiger partial charge in [0.1, 0.15) is 6.61 Å². The molecule has 64 valence electrons. The van der Waals surface area contributed by atoms with Gasteiger partial charge in [0.05, 0.1) is 0 Å². The quantitative estimate of drug-likeness (QED) is 0.504. The molecule has 0 bridgehead atoms. The first-order valence-corrected chi connectivity index (χ1v) is 3.26. The van der Waals surface area contributed by atoms with Crippen LogP contribution in [-0.4, -0.2) is 6.72 Å². The molecule has 0 atom stereocenters. The van der Waals surface area contributed by atoms with E-state index < -0.39 is 11.6 Å². The van der Waals surface area contributed by atoms with E-state index in [1.165, 1.54) is 6.07 Å². The Bertz CT molecular complexity index is 288. The third-order valence-corrected chi connectivity index (χ3v) is 1.31. The van der Waals surface area contributed by atoms with Gasteiger partial charge in [0, 0.05) is 6.72 Å². The summed E-state index contributed by atoms with van der Waals surface area (Å²) in [7, 11) is 0. The maximum atomic E-state index is 12.5. The van der Waals surface area contributed by atoms with Crippen LogP contribution in [0.15, 0.2) is 23.4 Å². The van der Waals surface area contributed by atoms with Crippen LogP contribution in [0.2, 0.25) is 0 Å². The van der Waals surface area contributed by atoms with Crippen molar-refractivity contribution >= 4 is 6.72 Å². The molecule has 2 nitrogen and oxygen atoms in total. The van der Waals surface area contributed by atoms with Crippen molar-refractivity contribution in [3.63, 3.8) is 0 Å². The number of oxime groups is 1. The van der Waals surface area contributed by atoms with Crippen LogP contribution in [-0.2, 0) is 11.4 Å². The smallest absolute Gasteiger partial charge is 0.159 e. The molecule has 0 aliphatic rings. The van der Waals surface area contributed by atoms with Crippen LogP contribution in [0.1, 0.15) is 5.56 Å². The SMILES string of the molecule is C=NOCc1ccc(F)c(F)c1. The molecule has 0 aliphatic heterocycles. The lowest BCUT2D eigenvalue weighted by atomic mass is 10.2. The van der Waals surface area contributed by atoms with Gasteiger partial charge in [0.2, 0.25) is 0 Å². The fraction of sp³-hybridized carbons (Fsp3) is 0.125. The molecule has 1 aromatic carbocycles. The second kappa shape index (κ2) is 3.80. The average Bonchev–Trinajstić information content (AvgIpc) is 2.07. The van der Waals surface area contributed by atoms with Gasteiger partial charge in [-0.15, -0.1) is 5.16 Å². The lowest BCUT2D eigenvalue weighted by Crippen LogP contribution is -1.90. The van der Waals surface area contributed by atoms with E-state index in [1.54, 1.807) is 0 Å². The van der Waals surface area contributed by atoms with Crippen molar-refractivity contribution in [1.29, 1.82) is 0 Å². The summed E-state index contributed by atoms with van der Waals surface area (Å²) >= 11 is 0. The summed E-state index contributed by atoms with van der Waals surface area (Å²) in [5.41, 5.74) is 0.515. The van der Waals surface area contributed by atoms with Crippen molar-refractivity contribution in [2.24, 2.45) is 5.16 Å². The number of rotatable bonds is 3. The monoisotopic (exact) mass is 171 g/mol. The molecule has 0 N–H and O–H groups in total. The summed E-state index contributed by atoms with van der Waals surface area (Å²) in [4.78, 5) is 4.54. The molecule has 0 aromatic heterocycles. The van der Waals surface area contributed by atoms with E-state index >= 15 is 0 Å². The first-order chi connectivity index (χ1) is 5.74. The zero-order chi connectivity index (χ0) is 8.97. The largest absolute Gasteiger partial charge is 0.391 e. The Balaban J connectivity index is 2.75. The molecule has 0 fully saturated rings. The molecule has 0 saturated heterocycles. The van der Waals surface area contributed by atoms with Crippen molar-refractivity contribution in [3.05, 3.63) is 35.4 Å². The summed E-state index contributed by atoms with van der Waals surface area (Å²) in [5, 5.41) is 3.12. The molecule has 0 amide bonds. The number of halogens is 2. The molecule has 4 heteroatoms. The van der Waals surface area contributed by atoms with Crippen molar-refractivity contribution in [2.45, 2.75) is 6.61 Å². The molecule has 0 unspecified atom stereocenters. The molecule has 0 saturated carbocycles. The summed E-state index contributed by atoms with van der Waals surface area (Å²) in [6, 6.07) is 3.52. The lowest BCUT2D eigenvalue weighted by Gasteiger charge is -1.99. The molecule has 0 spiro atoms. The van der Waals surface area contributed by atoms with Gasteiger partial charge in [-0.3, -0.25) is 0 Å². The van der Waals surface area contributed by atoms with E-state index in [1.807, 2.05) is 0 Å². The van der Waals surface area contributed by atoms with Crippen LogP contribution in [0.5, 0.6) is 0 Å². The Hall–Kier alpha value is -1.45. The summed E-state index contributed by atoms with van der Waals surface area (Å²) in [6.07, 6.45) is 0. The van der Waals surface area contributed by atoms with Gasteiger partial charge in [0.15, 0.2) is 11.6 Å². The zero-order valence-electron chi connectivity index (χ0n) is 6.26. The fourth-order valence-corrected chi connectivity index (χ4v) is 0.750. The fourth-order valence-electron chi connectivity index (χ4n) is 0.750. The van der Waals surface area contributed by atoms with Crippen molar-refractivity contribution in [2.75, 3.05) is 0 Å². The van der Waals surface area contributed by atoms with Crippen LogP contribution >= 0.6 is 0 Å². The van der Waals surface area contributed by atoms with Gasteiger partial charge in [-0.05, 0) is 17.7 Å². The number of hydrogen-bond donors (Lipinski definition) is 0. The Morgan fingerprint density at radius 2 is 2.08 bits per heavy atom. The van der Waals surface area contributed by atoms with Gasteiger partial charge < -0.3 is 4.84 Å². The maximum Gasteiger partial charge on any atom is 0.159 e. The second-order valence-corrected chi connectivity index (χ2v) is 2.15. The highest BCUT2D eigenvalue weighted by Gasteiger charge is 2.01. The standard InChI is InChI=1S/C8H7F2NO/c1-11-12-5-6-2-3-7(9)8(10)4-6/h2-4H,1,5H2. The lowest BCUT2D eigenvalue weighted by molar-refractivity contribution is 0.133. The zero-order valence-corrected chi connectivity index (χ0v) is 6.26. The first-order valence-electron chi connectivity index (χ1n) is 3.26. The van der Waals surface area contributed by atoms with Crippen LogP contribution in [0.3, 0.4) is 0 Å². The van der Waals surface area contributed by atoms with Crippen LogP contribution in [0, 0.1) is 11.6 Å².